The molecule has 74 valence electrons. The zero-order chi connectivity index (χ0) is 9.61. The first-order chi connectivity index (χ1) is 5.48. The van der Waals surface area contributed by atoms with Crippen LogP contribution in [-0.2, 0) is 4.74 Å². The minimum Gasteiger partial charge on any atom is -0.383 e. The normalized spacial score (nSPS) is 16.5. The Kier molecular flexibility index (Phi) is 5.51. The van der Waals surface area contributed by atoms with E-state index in [0.717, 1.165) is 12.3 Å². The highest BCUT2D eigenvalue weighted by atomic mass is 16.5. The van der Waals surface area contributed by atoms with Crippen molar-refractivity contribution in [2.75, 3.05) is 13.7 Å². The smallest absolute Gasteiger partial charge is 0.0639 e. The third-order valence-electron chi connectivity index (χ3n) is 2.00. The maximum Gasteiger partial charge on any atom is 0.0639 e. The molecule has 0 aromatic carbocycles. The first kappa shape index (κ1) is 11.9. The molecule has 2 N–H and O–H groups in total. The highest BCUT2D eigenvalue weighted by Gasteiger charge is 2.17. The van der Waals surface area contributed by atoms with E-state index in [1.54, 1.807) is 7.11 Å². The van der Waals surface area contributed by atoms with E-state index in [4.69, 9.17) is 10.5 Å². The third-order valence-corrected chi connectivity index (χ3v) is 2.00. The SMILES string of the molecule is COCC(C)(N)CCCC(C)C. The van der Waals surface area contributed by atoms with Crippen molar-refractivity contribution in [2.24, 2.45) is 11.7 Å². The molecule has 12 heavy (non-hydrogen) atoms. The average Bonchev–Trinajstić information content (AvgIpc) is 1.85. The molecule has 0 aliphatic heterocycles. The highest BCUT2D eigenvalue weighted by Crippen LogP contribution is 2.14. The van der Waals surface area contributed by atoms with Gasteiger partial charge < -0.3 is 10.5 Å². The van der Waals surface area contributed by atoms with Crippen molar-refractivity contribution in [3.05, 3.63) is 0 Å². The lowest BCUT2D eigenvalue weighted by molar-refractivity contribution is 0.134. The summed E-state index contributed by atoms with van der Waals surface area (Å²) >= 11 is 0. The summed E-state index contributed by atoms with van der Waals surface area (Å²) in [6.07, 6.45) is 3.52. The maximum atomic E-state index is 5.99. The molecule has 0 saturated carbocycles. The molecule has 2 heteroatoms. The largest absolute Gasteiger partial charge is 0.383 e. The molecule has 0 aromatic rings. The molecule has 0 aliphatic carbocycles. The molecule has 0 aromatic heterocycles. The van der Waals surface area contributed by atoms with Crippen LogP contribution in [0, 0.1) is 5.92 Å². The van der Waals surface area contributed by atoms with Gasteiger partial charge in [-0.25, -0.2) is 0 Å². The van der Waals surface area contributed by atoms with Gasteiger partial charge in [0.2, 0.25) is 0 Å². The van der Waals surface area contributed by atoms with Crippen LogP contribution < -0.4 is 5.73 Å². The molecule has 0 aliphatic rings. The van der Waals surface area contributed by atoms with Gasteiger partial charge in [0.1, 0.15) is 0 Å². The second-order valence-corrected chi connectivity index (χ2v) is 4.37. The predicted octanol–water partition coefficient (Wildman–Crippen LogP) is 2.18. The number of methoxy groups -OCH3 is 1. The zero-order valence-corrected chi connectivity index (χ0v) is 8.89. The second-order valence-electron chi connectivity index (χ2n) is 4.37. The van der Waals surface area contributed by atoms with Gasteiger partial charge in [-0.3, -0.25) is 0 Å². The van der Waals surface area contributed by atoms with Gasteiger partial charge in [-0.1, -0.05) is 26.7 Å². The molecule has 0 amide bonds. The molecule has 1 atom stereocenters. The van der Waals surface area contributed by atoms with E-state index < -0.39 is 0 Å². The van der Waals surface area contributed by atoms with Crippen LogP contribution in [0.2, 0.25) is 0 Å². The van der Waals surface area contributed by atoms with Crippen LogP contribution in [0.4, 0.5) is 0 Å². The predicted molar refractivity (Wildman–Crippen MR) is 53.2 cm³/mol. The summed E-state index contributed by atoms with van der Waals surface area (Å²) in [6, 6.07) is 0. The van der Waals surface area contributed by atoms with E-state index in [1.807, 2.05) is 0 Å². The minimum atomic E-state index is -0.135. The summed E-state index contributed by atoms with van der Waals surface area (Å²) in [5, 5.41) is 0. The van der Waals surface area contributed by atoms with Crippen LogP contribution in [0.5, 0.6) is 0 Å². The Labute approximate surface area is 76.5 Å². The van der Waals surface area contributed by atoms with Gasteiger partial charge >= 0.3 is 0 Å². The third kappa shape index (κ3) is 6.62. The molecule has 0 heterocycles. The Morgan fingerprint density at radius 2 is 2.00 bits per heavy atom. The van der Waals surface area contributed by atoms with Crippen molar-refractivity contribution in [1.29, 1.82) is 0 Å². The molecule has 1 unspecified atom stereocenters. The van der Waals surface area contributed by atoms with Crippen LogP contribution in [0.25, 0.3) is 0 Å². The van der Waals surface area contributed by atoms with E-state index in [-0.39, 0.29) is 5.54 Å². The Bertz CT molecular complexity index is 110. The van der Waals surface area contributed by atoms with Gasteiger partial charge in [-0.15, -0.1) is 0 Å². The summed E-state index contributed by atoms with van der Waals surface area (Å²) < 4.78 is 5.04. The lowest BCUT2D eigenvalue weighted by atomic mass is 9.94. The van der Waals surface area contributed by atoms with Crippen molar-refractivity contribution >= 4 is 0 Å². The molecule has 2 nitrogen and oxygen atoms in total. The number of rotatable bonds is 6. The molecule has 0 radical (unpaired) electrons. The quantitative estimate of drug-likeness (QED) is 0.668. The number of ether oxygens (including phenoxy) is 1. The van der Waals surface area contributed by atoms with E-state index in [9.17, 15) is 0 Å². The van der Waals surface area contributed by atoms with Crippen LogP contribution in [-0.4, -0.2) is 19.3 Å². The fourth-order valence-electron chi connectivity index (χ4n) is 1.32. The number of nitrogens with two attached hydrogens (primary N) is 1. The minimum absolute atomic E-state index is 0.135. The van der Waals surface area contributed by atoms with Crippen LogP contribution in [0.1, 0.15) is 40.0 Å². The standard InChI is InChI=1S/C10H23NO/c1-9(2)6-5-7-10(3,11)8-12-4/h9H,5-8,11H2,1-4H3. The number of hydrogen-bond acceptors (Lipinski definition) is 2. The zero-order valence-electron chi connectivity index (χ0n) is 8.89. The Morgan fingerprint density at radius 3 is 2.42 bits per heavy atom. The lowest BCUT2D eigenvalue weighted by Gasteiger charge is -2.23. The molecule has 0 rings (SSSR count). The van der Waals surface area contributed by atoms with Gasteiger partial charge in [-0.05, 0) is 19.3 Å². The fourth-order valence-corrected chi connectivity index (χ4v) is 1.32. The van der Waals surface area contributed by atoms with Crippen LogP contribution in [0.3, 0.4) is 0 Å². The first-order valence-corrected chi connectivity index (χ1v) is 4.76. The van der Waals surface area contributed by atoms with Gasteiger partial charge in [-0.2, -0.15) is 0 Å². The van der Waals surface area contributed by atoms with Crippen molar-refractivity contribution in [3.63, 3.8) is 0 Å². The van der Waals surface area contributed by atoms with E-state index in [2.05, 4.69) is 20.8 Å². The molecule has 0 saturated heterocycles. The topological polar surface area (TPSA) is 35.2 Å². The van der Waals surface area contributed by atoms with Crippen molar-refractivity contribution in [1.82, 2.24) is 0 Å². The monoisotopic (exact) mass is 173 g/mol. The molecular weight excluding hydrogens is 150 g/mol. The van der Waals surface area contributed by atoms with Gasteiger partial charge in [0.15, 0.2) is 0 Å². The van der Waals surface area contributed by atoms with E-state index >= 15 is 0 Å². The summed E-state index contributed by atoms with van der Waals surface area (Å²) in [5.74, 6) is 0.781. The molecule has 0 spiro atoms. The summed E-state index contributed by atoms with van der Waals surface area (Å²) in [4.78, 5) is 0. The van der Waals surface area contributed by atoms with Crippen LogP contribution >= 0.6 is 0 Å². The Morgan fingerprint density at radius 1 is 1.42 bits per heavy atom. The molecule has 0 fully saturated rings. The Balaban J connectivity index is 3.46. The first-order valence-electron chi connectivity index (χ1n) is 4.76. The van der Waals surface area contributed by atoms with Gasteiger partial charge in [0.05, 0.1) is 6.61 Å². The summed E-state index contributed by atoms with van der Waals surface area (Å²) in [5.41, 5.74) is 5.85. The fraction of sp³-hybridized carbons (Fsp3) is 1.00. The van der Waals surface area contributed by atoms with Gasteiger partial charge in [0.25, 0.3) is 0 Å². The summed E-state index contributed by atoms with van der Waals surface area (Å²) in [6.45, 7) is 7.19. The molecule has 0 bridgehead atoms. The average molecular weight is 173 g/mol. The lowest BCUT2D eigenvalue weighted by Crippen LogP contribution is -2.40. The number of hydrogen-bond donors (Lipinski definition) is 1. The van der Waals surface area contributed by atoms with Gasteiger partial charge in [0, 0.05) is 12.6 Å². The van der Waals surface area contributed by atoms with Crippen molar-refractivity contribution < 1.29 is 4.74 Å². The maximum absolute atomic E-state index is 5.99. The Hall–Kier alpha value is -0.0800. The van der Waals surface area contributed by atoms with Crippen molar-refractivity contribution in [2.45, 2.75) is 45.6 Å². The highest BCUT2D eigenvalue weighted by molar-refractivity contribution is 4.77. The summed E-state index contributed by atoms with van der Waals surface area (Å²) in [7, 11) is 1.70. The second kappa shape index (κ2) is 5.55. The molecular formula is C10H23NO. The van der Waals surface area contributed by atoms with E-state index in [1.165, 1.54) is 12.8 Å². The van der Waals surface area contributed by atoms with E-state index in [0.29, 0.717) is 6.61 Å². The van der Waals surface area contributed by atoms with Crippen LogP contribution in [0.15, 0.2) is 0 Å². The van der Waals surface area contributed by atoms with Crippen molar-refractivity contribution in [3.8, 4) is 0 Å².